The molecule has 90 valence electrons. The van der Waals surface area contributed by atoms with Crippen LogP contribution in [0.1, 0.15) is 48.8 Å². The molecule has 5 heteroatoms. The molecule has 0 aliphatic rings. The maximum atomic E-state index is 11.6. The van der Waals surface area contributed by atoms with Crippen molar-refractivity contribution in [2.75, 3.05) is 12.3 Å². The quantitative estimate of drug-likeness (QED) is 0.642. The van der Waals surface area contributed by atoms with Crippen LogP contribution in [0.5, 0.6) is 0 Å². The maximum absolute atomic E-state index is 11.6. The number of aromatic nitrogens is 2. The monoisotopic (exact) mass is 224 g/mol. The number of aryl methyl sites for hydroxylation is 1. The first-order chi connectivity index (χ1) is 7.66. The Morgan fingerprint density at radius 3 is 2.75 bits per heavy atom. The zero-order valence-corrected chi connectivity index (χ0v) is 9.97. The second-order valence-corrected chi connectivity index (χ2v) is 3.93. The molecule has 16 heavy (non-hydrogen) atoms. The van der Waals surface area contributed by atoms with Gasteiger partial charge in [-0.15, -0.1) is 0 Å². The van der Waals surface area contributed by atoms with Crippen molar-refractivity contribution in [3.05, 3.63) is 11.4 Å². The molecule has 0 aromatic carbocycles. The summed E-state index contributed by atoms with van der Waals surface area (Å²) >= 11 is 0. The van der Waals surface area contributed by atoms with Crippen LogP contribution in [0.25, 0.3) is 0 Å². The third-order valence-electron chi connectivity index (χ3n) is 2.53. The van der Waals surface area contributed by atoms with Crippen LogP contribution in [-0.2, 0) is 0 Å². The van der Waals surface area contributed by atoms with E-state index in [9.17, 15) is 4.79 Å². The van der Waals surface area contributed by atoms with Crippen LogP contribution < -0.4 is 11.1 Å². The number of aromatic amines is 1. The molecule has 0 bridgehead atoms. The van der Waals surface area contributed by atoms with E-state index in [1.165, 1.54) is 12.8 Å². The molecule has 0 spiro atoms. The molecule has 0 aliphatic carbocycles. The van der Waals surface area contributed by atoms with Gasteiger partial charge in [-0.25, -0.2) is 0 Å². The van der Waals surface area contributed by atoms with Crippen LogP contribution in [0.2, 0.25) is 0 Å². The predicted molar refractivity (Wildman–Crippen MR) is 64.2 cm³/mol. The lowest BCUT2D eigenvalue weighted by atomic mass is 10.2. The summed E-state index contributed by atoms with van der Waals surface area (Å²) in [4.78, 5) is 11.6. The number of H-pyrrole nitrogens is 1. The minimum absolute atomic E-state index is 0.196. The van der Waals surface area contributed by atoms with Gasteiger partial charge in [0.05, 0.1) is 11.4 Å². The summed E-state index contributed by atoms with van der Waals surface area (Å²) in [5.74, 6) is -0.196. The van der Waals surface area contributed by atoms with Gasteiger partial charge >= 0.3 is 0 Å². The molecule has 1 amide bonds. The normalized spacial score (nSPS) is 10.4. The molecule has 1 rings (SSSR count). The molecule has 0 aliphatic heterocycles. The first-order valence-corrected chi connectivity index (χ1v) is 5.75. The van der Waals surface area contributed by atoms with Crippen LogP contribution in [0, 0.1) is 6.92 Å². The van der Waals surface area contributed by atoms with Gasteiger partial charge in [0, 0.05) is 6.54 Å². The van der Waals surface area contributed by atoms with Gasteiger partial charge in [-0.3, -0.25) is 9.89 Å². The van der Waals surface area contributed by atoms with Crippen LogP contribution in [0.4, 0.5) is 5.69 Å². The molecule has 0 fully saturated rings. The summed E-state index contributed by atoms with van der Waals surface area (Å²) in [6.45, 7) is 4.64. The van der Waals surface area contributed by atoms with Gasteiger partial charge in [0.25, 0.3) is 5.91 Å². The predicted octanol–water partition coefficient (Wildman–Crippen LogP) is 1.61. The number of anilines is 1. The zero-order chi connectivity index (χ0) is 12.0. The van der Waals surface area contributed by atoms with Gasteiger partial charge in [0.1, 0.15) is 0 Å². The van der Waals surface area contributed by atoms with Crippen molar-refractivity contribution in [1.29, 1.82) is 0 Å². The highest BCUT2D eigenvalue weighted by Crippen LogP contribution is 2.11. The third kappa shape index (κ3) is 3.25. The summed E-state index contributed by atoms with van der Waals surface area (Å²) in [5.41, 5.74) is 7.17. The SMILES string of the molecule is CCCCCCNC(=O)c1n[nH]c(C)c1N. The smallest absolute Gasteiger partial charge is 0.273 e. The van der Waals surface area contributed by atoms with Crippen molar-refractivity contribution < 1.29 is 4.79 Å². The van der Waals surface area contributed by atoms with Crippen molar-refractivity contribution in [1.82, 2.24) is 15.5 Å². The number of carbonyl (C=O) groups excluding carboxylic acids is 1. The number of hydrogen-bond donors (Lipinski definition) is 3. The topological polar surface area (TPSA) is 83.8 Å². The Hall–Kier alpha value is -1.52. The van der Waals surface area contributed by atoms with E-state index in [0.29, 0.717) is 17.9 Å². The Kier molecular flexibility index (Phi) is 4.82. The van der Waals surface area contributed by atoms with E-state index >= 15 is 0 Å². The van der Waals surface area contributed by atoms with E-state index < -0.39 is 0 Å². The van der Waals surface area contributed by atoms with Gasteiger partial charge in [0.2, 0.25) is 0 Å². The Balaban J connectivity index is 2.33. The number of unbranched alkanes of at least 4 members (excludes halogenated alkanes) is 3. The highest BCUT2D eigenvalue weighted by molar-refractivity contribution is 5.97. The summed E-state index contributed by atoms with van der Waals surface area (Å²) < 4.78 is 0. The molecule has 4 N–H and O–H groups in total. The standard InChI is InChI=1S/C11H20N4O/c1-3-4-5-6-7-13-11(16)10-9(12)8(2)14-15-10/h3-7,12H2,1-2H3,(H,13,16)(H,14,15). The van der Waals surface area contributed by atoms with Crippen LogP contribution >= 0.6 is 0 Å². The Bertz CT molecular complexity index is 346. The van der Waals surface area contributed by atoms with E-state index in [4.69, 9.17) is 5.73 Å². The van der Waals surface area contributed by atoms with Crippen LogP contribution in [0.15, 0.2) is 0 Å². The largest absolute Gasteiger partial charge is 0.395 e. The fraction of sp³-hybridized carbons (Fsp3) is 0.636. The molecule has 0 atom stereocenters. The lowest BCUT2D eigenvalue weighted by Crippen LogP contribution is -2.25. The lowest BCUT2D eigenvalue weighted by molar-refractivity contribution is 0.0949. The first-order valence-electron chi connectivity index (χ1n) is 5.75. The molecule has 5 nitrogen and oxygen atoms in total. The second-order valence-electron chi connectivity index (χ2n) is 3.93. The number of nitrogens with zero attached hydrogens (tertiary/aromatic N) is 1. The molecule has 0 saturated heterocycles. The summed E-state index contributed by atoms with van der Waals surface area (Å²) in [5, 5.41) is 9.37. The highest BCUT2D eigenvalue weighted by Gasteiger charge is 2.14. The lowest BCUT2D eigenvalue weighted by Gasteiger charge is -2.03. The van der Waals surface area contributed by atoms with Crippen LogP contribution in [0.3, 0.4) is 0 Å². The summed E-state index contributed by atoms with van der Waals surface area (Å²) in [6.07, 6.45) is 4.55. The molecule has 0 unspecified atom stereocenters. The fourth-order valence-electron chi connectivity index (χ4n) is 1.45. The Morgan fingerprint density at radius 2 is 2.19 bits per heavy atom. The maximum Gasteiger partial charge on any atom is 0.273 e. The van der Waals surface area contributed by atoms with Crippen molar-refractivity contribution in [3.63, 3.8) is 0 Å². The van der Waals surface area contributed by atoms with Gasteiger partial charge in [0.15, 0.2) is 5.69 Å². The molecule has 1 aromatic heterocycles. The second kappa shape index (κ2) is 6.15. The molecule has 0 radical (unpaired) electrons. The van der Waals surface area contributed by atoms with E-state index in [1.54, 1.807) is 6.92 Å². The average molecular weight is 224 g/mol. The van der Waals surface area contributed by atoms with Crippen LogP contribution in [-0.4, -0.2) is 22.6 Å². The van der Waals surface area contributed by atoms with Gasteiger partial charge < -0.3 is 11.1 Å². The number of carbonyl (C=O) groups is 1. The average Bonchev–Trinajstić information content (AvgIpc) is 2.59. The number of amides is 1. The van der Waals surface area contributed by atoms with E-state index in [1.807, 2.05) is 0 Å². The third-order valence-corrected chi connectivity index (χ3v) is 2.53. The number of nitrogen functional groups attached to an aromatic ring is 1. The molecular weight excluding hydrogens is 204 g/mol. The van der Waals surface area contributed by atoms with Gasteiger partial charge in [-0.05, 0) is 13.3 Å². The first kappa shape index (κ1) is 12.5. The molecule has 1 heterocycles. The van der Waals surface area contributed by atoms with Gasteiger partial charge in [-0.1, -0.05) is 26.2 Å². The van der Waals surface area contributed by atoms with Crippen molar-refractivity contribution in [2.45, 2.75) is 39.5 Å². The van der Waals surface area contributed by atoms with Crippen molar-refractivity contribution >= 4 is 11.6 Å². The molecule has 1 aromatic rings. The molecular formula is C11H20N4O. The Labute approximate surface area is 95.8 Å². The number of rotatable bonds is 6. The Morgan fingerprint density at radius 1 is 1.44 bits per heavy atom. The van der Waals surface area contributed by atoms with E-state index in [0.717, 1.165) is 18.5 Å². The fourth-order valence-corrected chi connectivity index (χ4v) is 1.45. The number of hydrogen-bond acceptors (Lipinski definition) is 3. The summed E-state index contributed by atoms with van der Waals surface area (Å²) in [6, 6.07) is 0. The van der Waals surface area contributed by atoms with Gasteiger partial charge in [-0.2, -0.15) is 5.10 Å². The minimum atomic E-state index is -0.196. The van der Waals surface area contributed by atoms with E-state index in [-0.39, 0.29) is 5.91 Å². The minimum Gasteiger partial charge on any atom is -0.395 e. The number of nitrogens with two attached hydrogens (primary N) is 1. The van der Waals surface area contributed by atoms with E-state index in [2.05, 4.69) is 22.4 Å². The molecule has 0 saturated carbocycles. The van der Waals surface area contributed by atoms with Crippen molar-refractivity contribution in [3.8, 4) is 0 Å². The zero-order valence-electron chi connectivity index (χ0n) is 9.97. The highest BCUT2D eigenvalue weighted by atomic mass is 16.1. The number of nitrogens with one attached hydrogen (secondary N) is 2. The van der Waals surface area contributed by atoms with Crippen molar-refractivity contribution in [2.24, 2.45) is 0 Å². The summed E-state index contributed by atoms with van der Waals surface area (Å²) in [7, 11) is 0.